The van der Waals surface area contributed by atoms with Crippen molar-refractivity contribution in [1.29, 1.82) is 0 Å². The number of aryl methyl sites for hydroxylation is 2. The van der Waals surface area contributed by atoms with E-state index in [2.05, 4.69) is 26.2 Å². The van der Waals surface area contributed by atoms with E-state index in [-0.39, 0.29) is 11.4 Å². The van der Waals surface area contributed by atoms with Crippen LogP contribution in [0.15, 0.2) is 28.7 Å². The third kappa shape index (κ3) is 2.96. The molecule has 0 aliphatic heterocycles. The number of carboxylic acid groups (broad SMARTS) is 1. The summed E-state index contributed by atoms with van der Waals surface area (Å²) in [4.78, 5) is 15.5. The van der Waals surface area contributed by atoms with E-state index in [1.54, 1.807) is 32.0 Å². The summed E-state index contributed by atoms with van der Waals surface area (Å²) in [6.45, 7) is 3.47. The van der Waals surface area contributed by atoms with E-state index < -0.39 is 11.8 Å². The van der Waals surface area contributed by atoms with Gasteiger partial charge < -0.3 is 10.4 Å². The molecule has 0 fully saturated rings. The number of aromatic carboxylic acids is 1. The molecular formula is C14H12BrFN2O2. The monoisotopic (exact) mass is 338 g/mol. The first-order valence-electron chi connectivity index (χ1n) is 5.82. The van der Waals surface area contributed by atoms with Crippen LogP contribution in [0.2, 0.25) is 0 Å². The molecule has 104 valence electrons. The Balaban J connectivity index is 2.47. The molecule has 0 amide bonds. The standard InChI is InChI=1S/C14H12BrFN2O2/c1-7-5-8(2)17-13(12(7)14(19)20)18-9-3-4-10(15)11(16)6-9/h3-6H,1-2H3,(H,17,18)(H,19,20). The van der Waals surface area contributed by atoms with E-state index in [0.29, 0.717) is 21.4 Å². The summed E-state index contributed by atoms with van der Waals surface area (Å²) < 4.78 is 13.8. The van der Waals surface area contributed by atoms with Crippen LogP contribution in [0.1, 0.15) is 21.6 Å². The molecule has 1 heterocycles. The van der Waals surface area contributed by atoms with Crippen LogP contribution in [0.4, 0.5) is 15.9 Å². The Morgan fingerprint density at radius 1 is 1.35 bits per heavy atom. The highest BCUT2D eigenvalue weighted by Gasteiger charge is 2.16. The molecule has 4 nitrogen and oxygen atoms in total. The minimum absolute atomic E-state index is 0.0823. The molecule has 2 N–H and O–H groups in total. The Morgan fingerprint density at radius 3 is 2.65 bits per heavy atom. The molecule has 0 aliphatic rings. The van der Waals surface area contributed by atoms with Crippen LogP contribution >= 0.6 is 15.9 Å². The van der Waals surface area contributed by atoms with E-state index in [4.69, 9.17) is 0 Å². The Labute approximate surface area is 123 Å². The third-order valence-corrected chi connectivity index (χ3v) is 3.38. The fourth-order valence-electron chi connectivity index (χ4n) is 1.91. The predicted molar refractivity (Wildman–Crippen MR) is 78.1 cm³/mol. The molecule has 0 spiro atoms. The fourth-order valence-corrected chi connectivity index (χ4v) is 2.15. The number of hydrogen-bond donors (Lipinski definition) is 2. The predicted octanol–water partition coefficient (Wildman–Crippen LogP) is 4.04. The summed E-state index contributed by atoms with van der Waals surface area (Å²) in [7, 11) is 0. The Hall–Kier alpha value is -1.95. The Morgan fingerprint density at radius 2 is 2.05 bits per heavy atom. The number of carboxylic acids is 1. The van der Waals surface area contributed by atoms with Crippen LogP contribution < -0.4 is 5.32 Å². The highest BCUT2D eigenvalue weighted by molar-refractivity contribution is 9.10. The second kappa shape index (κ2) is 5.58. The van der Waals surface area contributed by atoms with Gasteiger partial charge in [0, 0.05) is 11.4 Å². The number of nitrogens with one attached hydrogen (secondary N) is 1. The number of anilines is 2. The van der Waals surface area contributed by atoms with E-state index in [9.17, 15) is 14.3 Å². The zero-order valence-corrected chi connectivity index (χ0v) is 12.5. The molecular weight excluding hydrogens is 327 g/mol. The third-order valence-electron chi connectivity index (χ3n) is 2.74. The first-order chi connectivity index (χ1) is 9.38. The number of nitrogens with zero attached hydrogens (tertiary/aromatic N) is 1. The van der Waals surface area contributed by atoms with Crippen LogP contribution in [0.5, 0.6) is 0 Å². The highest BCUT2D eigenvalue weighted by Crippen LogP contribution is 2.25. The van der Waals surface area contributed by atoms with Crippen molar-refractivity contribution < 1.29 is 14.3 Å². The van der Waals surface area contributed by atoms with Crippen molar-refractivity contribution in [3.05, 3.63) is 51.4 Å². The number of halogens is 2. The Kier molecular flexibility index (Phi) is 4.04. The normalized spacial score (nSPS) is 10.4. The zero-order valence-electron chi connectivity index (χ0n) is 10.9. The van der Waals surface area contributed by atoms with Gasteiger partial charge in [-0.05, 0) is 59.6 Å². The fraction of sp³-hybridized carbons (Fsp3) is 0.143. The molecule has 0 unspecified atom stereocenters. The molecule has 2 rings (SSSR count). The van der Waals surface area contributed by atoms with E-state index in [1.165, 1.54) is 6.07 Å². The lowest BCUT2D eigenvalue weighted by molar-refractivity contribution is 0.0697. The lowest BCUT2D eigenvalue weighted by Gasteiger charge is -2.12. The maximum atomic E-state index is 13.5. The van der Waals surface area contributed by atoms with Gasteiger partial charge in [-0.25, -0.2) is 14.2 Å². The molecule has 1 aromatic carbocycles. The van der Waals surface area contributed by atoms with Crippen LogP contribution in [0.3, 0.4) is 0 Å². The van der Waals surface area contributed by atoms with E-state index >= 15 is 0 Å². The van der Waals surface area contributed by atoms with Gasteiger partial charge in [0.2, 0.25) is 0 Å². The summed E-state index contributed by atoms with van der Waals surface area (Å²) in [6, 6.07) is 6.14. The molecule has 0 aliphatic carbocycles. The first-order valence-corrected chi connectivity index (χ1v) is 6.61. The van der Waals surface area contributed by atoms with Crippen molar-refractivity contribution in [1.82, 2.24) is 4.98 Å². The summed E-state index contributed by atoms with van der Waals surface area (Å²) in [5, 5.41) is 12.1. The largest absolute Gasteiger partial charge is 0.478 e. The van der Waals surface area contributed by atoms with Crippen LogP contribution in [-0.4, -0.2) is 16.1 Å². The number of carbonyl (C=O) groups is 1. The smallest absolute Gasteiger partial charge is 0.339 e. The molecule has 2 aromatic rings. The van der Waals surface area contributed by atoms with Gasteiger partial charge in [-0.2, -0.15) is 0 Å². The summed E-state index contributed by atoms with van der Waals surface area (Å²) >= 11 is 3.06. The van der Waals surface area contributed by atoms with Gasteiger partial charge in [-0.1, -0.05) is 0 Å². The topological polar surface area (TPSA) is 62.2 Å². The summed E-state index contributed by atoms with van der Waals surface area (Å²) in [6.07, 6.45) is 0. The number of hydrogen-bond acceptors (Lipinski definition) is 3. The molecule has 20 heavy (non-hydrogen) atoms. The van der Waals surface area contributed by atoms with Crippen LogP contribution in [0, 0.1) is 19.7 Å². The zero-order chi connectivity index (χ0) is 14.9. The van der Waals surface area contributed by atoms with Crippen molar-refractivity contribution in [2.45, 2.75) is 13.8 Å². The van der Waals surface area contributed by atoms with Crippen molar-refractivity contribution in [3.8, 4) is 0 Å². The maximum Gasteiger partial charge on any atom is 0.339 e. The second-order valence-electron chi connectivity index (χ2n) is 4.36. The van der Waals surface area contributed by atoms with Crippen LogP contribution in [0.25, 0.3) is 0 Å². The van der Waals surface area contributed by atoms with Gasteiger partial charge in [-0.3, -0.25) is 0 Å². The quantitative estimate of drug-likeness (QED) is 0.886. The van der Waals surface area contributed by atoms with Crippen molar-refractivity contribution >= 4 is 33.4 Å². The van der Waals surface area contributed by atoms with Gasteiger partial charge in [-0.15, -0.1) is 0 Å². The van der Waals surface area contributed by atoms with Gasteiger partial charge in [0.15, 0.2) is 0 Å². The van der Waals surface area contributed by atoms with Gasteiger partial charge >= 0.3 is 5.97 Å². The Bertz CT molecular complexity index is 689. The van der Waals surface area contributed by atoms with Crippen molar-refractivity contribution in [2.75, 3.05) is 5.32 Å². The maximum absolute atomic E-state index is 13.5. The minimum atomic E-state index is -1.07. The SMILES string of the molecule is Cc1cc(C)c(C(=O)O)c(Nc2ccc(Br)c(F)c2)n1. The van der Waals surface area contributed by atoms with Gasteiger partial charge in [0.25, 0.3) is 0 Å². The van der Waals surface area contributed by atoms with Crippen LogP contribution in [-0.2, 0) is 0 Å². The lowest BCUT2D eigenvalue weighted by atomic mass is 10.1. The number of pyridine rings is 1. The van der Waals surface area contributed by atoms with Gasteiger partial charge in [0.1, 0.15) is 17.2 Å². The van der Waals surface area contributed by atoms with Gasteiger partial charge in [0.05, 0.1) is 4.47 Å². The minimum Gasteiger partial charge on any atom is -0.478 e. The lowest BCUT2D eigenvalue weighted by Crippen LogP contribution is -2.08. The molecule has 0 atom stereocenters. The van der Waals surface area contributed by atoms with E-state index in [0.717, 1.165) is 0 Å². The van der Waals surface area contributed by atoms with E-state index in [1.807, 2.05) is 0 Å². The van der Waals surface area contributed by atoms with Crippen molar-refractivity contribution in [2.24, 2.45) is 0 Å². The molecule has 0 radical (unpaired) electrons. The molecule has 1 aromatic heterocycles. The second-order valence-corrected chi connectivity index (χ2v) is 5.22. The molecule has 0 saturated carbocycles. The molecule has 6 heteroatoms. The van der Waals surface area contributed by atoms with Crippen molar-refractivity contribution in [3.63, 3.8) is 0 Å². The number of benzene rings is 1. The number of aromatic nitrogens is 1. The summed E-state index contributed by atoms with van der Waals surface area (Å²) in [5.74, 6) is -1.30. The number of rotatable bonds is 3. The first kappa shape index (κ1) is 14.5. The molecule has 0 saturated heterocycles. The molecule has 0 bridgehead atoms. The average molecular weight is 339 g/mol. The average Bonchev–Trinajstić information content (AvgIpc) is 2.32. The highest BCUT2D eigenvalue weighted by atomic mass is 79.9. The summed E-state index contributed by atoms with van der Waals surface area (Å²) in [5.41, 5.74) is 1.81.